The number of sulfonamides is 1. The molecule has 1 heterocycles. The molecule has 0 saturated heterocycles. The first-order valence-corrected chi connectivity index (χ1v) is 9.84. The fourth-order valence-corrected chi connectivity index (χ4v) is 3.99. The summed E-state index contributed by atoms with van der Waals surface area (Å²) < 4.78 is 68.9. The number of aryl methyl sites for hydroxylation is 2. The van der Waals surface area contributed by atoms with E-state index < -0.39 is 27.3 Å². The van der Waals surface area contributed by atoms with E-state index in [0.29, 0.717) is 18.2 Å². The zero-order valence-corrected chi connectivity index (χ0v) is 15.9. The van der Waals surface area contributed by atoms with E-state index in [1.165, 1.54) is 19.2 Å². The maximum atomic E-state index is 13.4. The smallest absolute Gasteiger partial charge is 0.311 e. The molecule has 0 aliphatic rings. The Kier molecular flexibility index (Phi) is 4.97. The van der Waals surface area contributed by atoms with Crippen LogP contribution in [0.25, 0.3) is 10.9 Å². The van der Waals surface area contributed by atoms with Crippen LogP contribution >= 0.6 is 0 Å². The molecule has 0 radical (unpaired) electrons. The highest BCUT2D eigenvalue weighted by Gasteiger charge is 2.34. The Morgan fingerprint density at radius 3 is 2.43 bits per heavy atom. The number of nitrogens with one attached hydrogen (secondary N) is 1. The highest BCUT2D eigenvalue weighted by Crippen LogP contribution is 2.34. The van der Waals surface area contributed by atoms with Crippen molar-refractivity contribution >= 4 is 26.6 Å². The standard InChI is InChI=1S/C19H17F3N2O3S/c1-3-12-5-4-6-13(9-12)23-28(26,27)14-7-8-17-15(10-14)16(19(20,21)22)11-18(25)24(17)2/h4-11,23H,3H2,1-2H3. The van der Waals surface area contributed by atoms with E-state index in [0.717, 1.165) is 16.2 Å². The second-order valence-electron chi connectivity index (χ2n) is 6.29. The molecule has 28 heavy (non-hydrogen) atoms. The van der Waals surface area contributed by atoms with Crippen molar-refractivity contribution in [3.8, 4) is 0 Å². The molecule has 0 aliphatic heterocycles. The number of benzene rings is 2. The number of fused-ring (bicyclic) bond motifs is 1. The maximum absolute atomic E-state index is 13.4. The monoisotopic (exact) mass is 410 g/mol. The summed E-state index contributed by atoms with van der Waals surface area (Å²) >= 11 is 0. The summed E-state index contributed by atoms with van der Waals surface area (Å²) in [5, 5.41) is -0.361. The summed E-state index contributed by atoms with van der Waals surface area (Å²) in [4.78, 5) is 11.5. The lowest BCUT2D eigenvalue weighted by Gasteiger charge is -2.15. The number of pyridine rings is 1. The molecule has 148 valence electrons. The minimum Gasteiger partial charge on any atom is -0.311 e. The molecule has 0 fully saturated rings. The second kappa shape index (κ2) is 6.97. The van der Waals surface area contributed by atoms with Crippen LogP contribution in [0.1, 0.15) is 18.1 Å². The molecule has 1 N–H and O–H groups in total. The van der Waals surface area contributed by atoms with Gasteiger partial charge in [0.25, 0.3) is 15.6 Å². The van der Waals surface area contributed by atoms with E-state index in [1.54, 1.807) is 18.2 Å². The molecule has 0 bridgehead atoms. The number of rotatable bonds is 4. The van der Waals surface area contributed by atoms with Gasteiger partial charge < -0.3 is 4.57 Å². The average Bonchev–Trinajstić information content (AvgIpc) is 2.63. The molecule has 2 aromatic carbocycles. The first-order chi connectivity index (χ1) is 13.0. The van der Waals surface area contributed by atoms with Gasteiger partial charge in [0.2, 0.25) is 0 Å². The third-order valence-electron chi connectivity index (χ3n) is 4.42. The Hall–Kier alpha value is -2.81. The van der Waals surface area contributed by atoms with Crippen LogP contribution in [0.15, 0.2) is 58.2 Å². The van der Waals surface area contributed by atoms with Gasteiger partial charge in [-0.15, -0.1) is 0 Å². The predicted octanol–water partition coefficient (Wildman–Crippen LogP) is 3.92. The maximum Gasteiger partial charge on any atom is 0.417 e. The van der Waals surface area contributed by atoms with Crippen molar-refractivity contribution in [3.63, 3.8) is 0 Å². The van der Waals surface area contributed by atoms with Gasteiger partial charge in [0.15, 0.2) is 0 Å². The van der Waals surface area contributed by atoms with Crippen molar-refractivity contribution < 1.29 is 21.6 Å². The molecule has 5 nitrogen and oxygen atoms in total. The molecule has 0 aliphatic carbocycles. The Labute approximate surface area is 159 Å². The minimum atomic E-state index is -4.79. The summed E-state index contributed by atoms with van der Waals surface area (Å²) in [5.41, 5.74) is -0.781. The van der Waals surface area contributed by atoms with E-state index in [4.69, 9.17) is 0 Å². The molecule has 0 unspecified atom stereocenters. The van der Waals surface area contributed by atoms with Crippen LogP contribution in [0, 0.1) is 0 Å². The largest absolute Gasteiger partial charge is 0.417 e. The molecular weight excluding hydrogens is 393 g/mol. The molecule has 1 aromatic heterocycles. The van der Waals surface area contributed by atoms with Gasteiger partial charge in [-0.3, -0.25) is 9.52 Å². The van der Waals surface area contributed by atoms with Crippen LogP contribution in [0.3, 0.4) is 0 Å². The Balaban J connectivity index is 2.15. The highest BCUT2D eigenvalue weighted by atomic mass is 32.2. The zero-order valence-electron chi connectivity index (χ0n) is 15.0. The lowest BCUT2D eigenvalue weighted by atomic mass is 10.1. The van der Waals surface area contributed by atoms with Crippen molar-refractivity contribution in [2.24, 2.45) is 7.05 Å². The van der Waals surface area contributed by atoms with Crippen molar-refractivity contribution in [2.75, 3.05) is 4.72 Å². The number of alkyl halides is 3. The van der Waals surface area contributed by atoms with Crippen LogP contribution in [-0.2, 0) is 29.7 Å². The molecule has 0 atom stereocenters. The number of nitrogens with zero attached hydrogens (tertiary/aromatic N) is 1. The zero-order chi connectivity index (χ0) is 20.7. The van der Waals surface area contributed by atoms with Gasteiger partial charge >= 0.3 is 6.18 Å². The Bertz CT molecular complexity index is 1220. The summed E-state index contributed by atoms with van der Waals surface area (Å²) in [7, 11) is -2.79. The van der Waals surface area contributed by atoms with E-state index in [2.05, 4.69) is 4.72 Å². The van der Waals surface area contributed by atoms with Crippen LogP contribution < -0.4 is 10.3 Å². The van der Waals surface area contributed by atoms with Crippen molar-refractivity contribution in [2.45, 2.75) is 24.4 Å². The van der Waals surface area contributed by atoms with Gasteiger partial charge in [-0.25, -0.2) is 8.42 Å². The predicted molar refractivity (Wildman–Crippen MR) is 101 cm³/mol. The van der Waals surface area contributed by atoms with Gasteiger partial charge in [-0.2, -0.15) is 13.2 Å². The number of anilines is 1. The summed E-state index contributed by atoms with van der Waals surface area (Å²) in [5.74, 6) is 0. The Morgan fingerprint density at radius 2 is 1.79 bits per heavy atom. The number of halogens is 3. The number of aromatic nitrogens is 1. The second-order valence-corrected chi connectivity index (χ2v) is 7.97. The van der Waals surface area contributed by atoms with Crippen molar-refractivity contribution in [1.29, 1.82) is 0 Å². The molecule has 3 rings (SSSR count). The topological polar surface area (TPSA) is 68.2 Å². The van der Waals surface area contributed by atoms with Crippen molar-refractivity contribution in [1.82, 2.24) is 4.57 Å². The Morgan fingerprint density at radius 1 is 1.07 bits per heavy atom. The quantitative estimate of drug-likeness (QED) is 0.709. The van der Waals surface area contributed by atoms with Gasteiger partial charge in [-0.05, 0) is 42.3 Å². The molecule has 0 spiro atoms. The van der Waals surface area contributed by atoms with E-state index >= 15 is 0 Å². The summed E-state index contributed by atoms with van der Waals surface area (Å²) in [6.45, 7) is 1.92. The molecular formula is C19H17F3N2O3S. The van der Waals surface area contributed by atoms with Gasteiger partial charge in [0.05, 0.1) is 16.0 Å². The first kappa shape index (κ1) is 19.9. The SMILES string of the molecule is CCc1cccc(NS(=O)(=O)c2ccc3c(c2)c(C(F)(F)F)cc(=O)n3C)c1. The van der Waals surface area contributed by atoms with Gasteiger partial charge in [0.1, 0.15) is 0 Å². The van der Waals surface area contributed by atoms with E-state index in [1.807, 2.05) is 13.0 Å². The fourth-order valence-electron chi connectivity index (χ4n) is 2.91. The van der Waals surface area contributed by atoms with Crippen LogP contribution in [0.5, 0.6) is 0 Å². The first-order valence-electron chi connectivity index (χ1n) is 8.35. The van der Waals surface area contributed by atoms with E-state index in [9.17, 15) is 26.4 Å². The molecule has 0 amide bonds. The lowest BCUT2D eigenvalue weighted by Crippen LogP contribution is -2.21. The normalized spacial score (nSPS) is 12.3. The van der Waals surface area contributed by atoms with Crippen molar-refractivity contribution in [3.05, 3.63) is 70.0 Å². The molecule has 0 saturated carbocycles. The van der Waals surface area contributed by atoms with Gasteiger partial charge in [0, 0.05) is 24.2 Å². The number of hydrogen-bond acceptors (Lipinski definition) is 3. The van der Waals surface area contributed by atoms with Crippen LogP contribution in [0.2, 0.25) is 0 Å². The van der Waals surface area contributed by atoms with E-state index in [-0.39, 0.29) is 15.8 Å². The third kappa shape index (κ3) is 3.75. The number of hydrogen-bond donors (Lipinski definition) is 1. The summed E-state index contributed by atoms with van der Waals surface area (Å²) in [6.07, 6.45) is -4.09. The van der Waals surface area contributed by atoms with Crippen LogP contribution in [-0.4, -0.2) is 13.0 Å². The van der Waals surface area contributed by atoms with Gasteiger partial charge in [-0.1, -0.05) is 19.1 Å². The third-order valence-corrected chi connectivity index (χ3v) is 5.80. The molecule has 9 heteroatoms. The fraction of sp³-hybridized carbons (Fsp3) is 0.211. The highest BCUT2D eigenvalue weighted by molar-refractivity contribution is 7.92. The molecule has 3 aromatic rings. The van der Waals surface area contributed by atoms with Crippen LogP contribution in [0.4, 0.5) is 18.9 Å². The lowest BCUT2D eigenvalue weighted by molar-refractivity contribution is -0.136. The average molecular weight is 410 g/mol. The minimum absolute atomic E-state index is 0.00763. The summed E-state index contributed by atoms with van der Waals surface area (Å²) in [6, 6.07) is 10.5.